The number of rotatable bonds is 17. The summed E-state index contributed by atoms with van der Waals surface area (Å²) < 4.78 is 97.3. The highest BCUT2D eigenvalue weighted by atomic mass is 79.9. The Morgan fingerprint density at radius 1 is 0.641 bits per heavy atom. The fraction of sp³-hybridized carbons (Fsp3) is 0.435. The SMILES string of the molecule is C[C@]1(C(F)(F)F)C[C@H](NC[C@H](O)[C@H](Cc2ccccc2)NC(=O)CCC(=O)N[C@@H](Cc2ccccc2)[C@@H](O)CN[C@H]2C[C@@](C)(C(F)(F)F)Oc3ccc(Br)cc32)c2cc(Br)ccc2O1. The van der Waals surface area contributed by atoms with Crippen molar-refractivity contribution in [3.05, 3.63) is 128 Å². The third-order valence-corrected chi connectivity index (χ3v) is 12.7. The Morgan fingerprint density at radius 2 is 1.00 bits per heavy atom. The Balaban J connectivity index is 1.10. The molecule has 10 nitrogen and oxygen atoms in total. The van der Waals surface area contributed by atoms with Crippen molar-refractivity contribution >= 4 is 43.7 Å². The highest BCUT2D eigenvalue weighted by Crippen LogP contribution is 2.49. The third-order valence-electron chi connectivity index (χ3n) is 11.7. The van der Waals surface area contributed by atoms with E-state index in [0.29, 0.717) is 20.1 Å². The minimum atomic E-state index is -4.69. The van der Waals surface area contributed by atoms with Gasteiger partial charge in [-0.15, -0.1) is 0 Å². The van der Waals surface area contributed by atoms with E-state index in [1.165, 1.54) is 12.1 Å². The number of carbonyl (C=O) groups is 2. The van der Waals surface area contributed by atoms with Gasteiger partial charge >= 0.3 is 12.4 Å². The van der Waals surface area contributed by atoms with E-state index in [1.807, 2.05) is 0 Å². The molecule has 2 aliphatic heterocycles. The molecule has 0 saturated heterocycles. The van der Waals surface area contributed by atoms with Crippen LogP contribution in [-0.4, -0.2) is 83.0 Å². The molecule has 0 aromatic heterocycles. The zero-order valence-electron chi connectivity index (χ0n) is 34.9. The molecule has 0 fully saturated rings. The molecular formula is C46H50Br2F6N4O6. The smallest absolute Gasteiger partial charge is 0.428 e. The van der Waals surface area contributed by atoms with Gasteiger partial charge in [-0.2, -0.15) is 26.3 Å². The molecule has 18 heteroatoms. The van der Waals surface area contributed by atoms with Crippen LogP contribution in [0.15, 0.2) is 106 Å². The van der Waals surface area contributed by atoms with E-state index < -0.39 is 84.6 Å². The number of aliphatic hydroxyl groups excluding tert-OH is 2. The summed E-state index contributed by atoms with van der Waals surface area (Å²) in [6, 6.07) is 23.7. The minimum absolute atomic E-state index is 0.0513. The molecule has 2 heterocycles. The number of benzene rings is 4. The van der Waals surface area contributed by atoms with Gasteiger partial charge in [0.25, 0.3) is 0 Å². The maximum Gasteiger partial charge on any atom is 0.428 e. The van der Waals surface area contributed by atoms with Gasteiger partial charge in [0.1, 0.15) is 11.5 Å². The topological polar surface area (TPSA) is 141 Å². The van der Waals surface area contributed by atoms with Crippen molar-refractivity contribution in [1.29, 1.82) is 0 Å². The fourth-order valence-electron chi connectivity index (χ4n) is 7.95. The van der Waals surface area contributed by atoms with Crippen LogP contribution >= 0.6 is 31.9 Å². The molecule has 64 heavy (non-hydrogen) atoms. The Bertz CT molecular complexity index is 2070. The molecule has 346 valence electrons. The average Bonchev–Trinajstić information content (AvgIpc) is 3.23. The predicted molar refractivity (Wildman–Crippen MR) is 235 cm³/mol. The molecule has 6 N–H and O–H groups in total. The van der Waals surface area contributed by atoms with Crippen molar-refractivity contribution in [3.8, 4) is 11.5 Å². The summed E-state index contributed by atoms with van der Waals surface area (Å²) in [5, 5.41) is 34.8. The first kappa shape index (κ1) is 49.2. The van der Waals surface area contributed by atoms with Crippen molar-refractivity contribution in [2.24, 2.45) is 0 Å². The minimum Gasteiger partial charge on any atom is -0.478 e. The Labute approximate surface area is 384 Å². The van der Waals surface area contributed by atoms with Gasteiger partial charge in [0.05, 0.1) is 24.3 Å². The van der Waals surface area contributed by atoms with Crippen LogP contribution in [0.3, 0.4) is 0 Å². The molecule has 0 bridgehead atoms. The van der Waals surface area contributed by atoms with Gasteiger partial charge < -0.3 is 41.0 Å². The van der Waals surface area contributed by atoms with Crippen LogP contribution in [0.25, 0.3) is 0 Å². The number of halogens is 8. The highest BCUT2D eigenvalue weighted by molar-refractivity contribution is 9.10. The maximum absolute atomic E-state index is 14.2. The zero-order valence-corrected chi connectivity index (χ0v) is 38.1. The number of hydrogen-bond acceptors (Lipinski definition) is 8. The van der Waals surface area contributed by atoms with E-state index in [0.717, 1.165) is 25.0 Å². The lowest BCUT2D eigenvalue weighted by molar-refractivity contribution is -0.250. The van der Waals surface area contributed by atoms with Crippen LogP contribution in [0, 0.1) is 0 Å². The number of hydrogen-bond donors (Lipinski definition) is 6. The van der Waals surface area contributed by atoms with Gasteiger partial charge in [0.2, 0.25) is 23.0 Å². The van der Waals surface area contributed by atoms with Gasteiger partial charge in [0, 0.05) is 70.9 Å². The average molecular weight is 1030 g/mol. The second-order valence-electron chi connectivity index (χ2n) is 16.7. The van der Waals surface area contributed by atoms with E-state index in [1.54, 1.807) is 84.9 Å². The number of nitrogens with one attached hydrogen (secondary N) is 4. The molecule has 8 atom stereocenters. The molecule has 0 aliphatic carbocycles. The van der Waals surface area contributed by atoms with Crippen molar-refractivity contribution in [1.82, 2.24) is 21.3 Å². The normalized spacial score (nSPS) is 22.7. The van der Waals surface area contributed by atoms with Crippen LogP contribution in [0.1, 0.15) is 73.9 Å². The largest absolute Gasteiger partial charge is 0.478 e. The molecule has 4 aromatic rings. The lowest BCUT2D eigenvalue weighted by Crippen LogP contribution is -2.54. The van der Waals surface area contributed by atoms with Gasteiger partial charge in [-0.3, -0.25) is 9.59 Å². The fourth-order valence-corrected chi connectivity index (χ4v) is 8.70. The number of ether oxygens (including phenoxy) is 2. The van der Waals surface area contributed by atoms with Crippen LogP contribution < -0.4 is 30.7 Å². The first-order chi connectivity index (χ1) is 30.1. The Hall–Kier alpha value is -4.20. The Kier molecular flexibility index (Phi) is 15.8. The lowest BCUT2D eigenvalue weighted by Gasteiger charge is -2.41. The molecule has 2 aliphatic rings. The molecule has 0 unspecified atom stereocenters. The van der Waals surface area contributed by atoms with E-state index in [4.69, 9.17) is 9.47 Å². The first-order valence-corrected chi connectivity index (χ1v) is 22.3. The van der Waals surface area contributed by atoms with Crippen molar-refractivity contribution in [3.63, 3.8) is 0 Å². The number of aliphatic hydroxyl groups is 2. The first-order valence-electron chi connectivity index (χ1n) is 20.7. The Morgan fingerprint density at radius 3 is 1.34 bits per heavy atom. The number of alkyl halides is 6. The van der Waals surface area contributed by atoms with Gasteiger partial charge in [-0.25, -0.2) is 0 Å². The molecule has 2 amide bonds. The van der Waals surface area contributed by atoms with E-state index in [2.05, 4.69) is 53.1 Å². The molecule has 0 radical (unpaired) electrons. The maximum atomic E-state index is 14.2. The van der Waals surface area contributed by atoms with Gasteiger partial charge in [-0.05, 0) is 74.2 Å². The van der Waals surface area contributed by atoms with Crippen LogP contribution in [0.2, 0.25) is 0 Å². The van der Waals surface area contributed by atoms with Crippen molar-refractivity contribution in [2.45, 2.75) is 112 Å². The standard InChI is InChI=1S/C46H50Br2F6N4O6/c1-43(45(49,50)51)23-35(31-21-29(47)13-15-39(31)63-43)55-25-37(59)33(19-27-9-5-3-6-10-27)57-41(61)17-18-42(62)58-34(20-28-11-7-4-8-12-28)38(60)26-56-36-24-44(2,46(52,53)54)64-40-16-14-30(48)22-32(36)40/h3-16,21-22,33-38,55-56,59-60H,17-20,23-26H2,1-2H3,(H,57,61)(H,58,62)/t33-,34-,35-,36-,37-,38-,43-,44+/m0/s1. The summed E-state index contributed by atoms with van der Waals surface area (Å²) in [5.41, 5.74) is -2.54. The zero-order chi connectivity index (χ0) is 46.5. The van der Waals surface area contributed by atoms with Crippen LogP contribution in [0.5, 0.6) is 11.5 Å². The van der Waals surface area contributed by atoms with Gasteiger partial charge in [-0.1, -0.05) is 92.5 Å². The number of fused-ring (bicyclic) bond motifs is 2. The van der Waals surface area contributed by atoms with Crippen molar-refractivity contribution in [2.75, 3.05) is 13.1 Å². The number of carbonyl (C=O) groups excluding carboxylic acids is 2. The summed E-state index contributed by atoms with van der Waals surface area (Å²) in [5.74, 6) is -1.07. The predicted octanol–water partition coefficient (Wildman–Crippen LogP) is 8.34. The number of amides is 2. The highest BCUT2D eigenvalue weighted by Gasteiger charge is 2.58. The summed E-state index contributed by atoms with van der Waals surface area (Å²) in [7, 11) is 0. The third kappa shape index (κ3) is 12.4. The monoisotopic (exact) mass is 1030 g/mol. The van der Waals surface area contributed by atoms with Crippen LogP contribution in [-0.2, 0) is 22.4 Å². The molecular weight excluding hydrogens is 978 g/mol. The summed E-state index contributed by atoms with van der Waals surface area (Å²) in [4.78, 5) is 26.9. The summed E-state index contributed by atoms with van der Waals surface area (Å²) in [6.07, 6.45) is -13.2. The van der Waals surface area contributed by atoms with E-state index in [-0.39, 0.29) is 50.3 Å². The van der Waals surface area contributed by atoms with E-state index >= 15 is 0 Å². The van der Waals surface area contributed by atoms with E-state index in [9.17, 15) is 46.1 Å². The summed E-state index contributed by atoms with van der Waals surface area (Å²) >= 11 is 6.74. The van der Waals surface area contributed by atoms with Crippen LogP contribution in [0.4, 0.5) is 26.3 Å². The quantitative estimate of drug-likeness (QED) is 0.0581. The molecule has 6 rings (SSSR count). The molecule has 0 spiro atoms. The van der Waals surface area contributed by atoms with Gasteiger partial charge in [0.15, 0.2) is 0 Å². The molecule has 4 aromatic carbocycles. The lowest BCUT2D eigenvalue weighted by atomic mass is 9.87. The second-order valence-corrected chi connectivity index (χ2v) is 18.5. The summed E-state index contributed by atoms with van der Waals surface area (Å²) in [6.45, 7) is 1.53. The second kappa shape index (κ2) is 20.5. The molecule has 0 saturated carbocycles. The van der Waals surface area contributed by atoms with Crippen molar-refractivity contribution < 1.29 is 55.6 Å².